The number of rotatable bonds is 2. The van der Waals surface area contributed by atoms with Gasteiger partial charge in [0.2, 0.25) is 0 Å². The maximum atomic E-state index is 5.19. The number of hydrogen-bond donors (Lipinski definition) is 2. The molecule has 0 unspecified atom stereocenters. The highest BCUT2D eigenvalue weighted by atomic mass is 15.0. The number of aromatic nitrogens is 1. The normalized spacial score (nSPS) is 9.42. The molecule has 4 nitrogen and oxygen atoms in total. The molecule has 1 aromatic rings. The summed E-state index contributed by atoms with van der Waals surface area (Å²) in [5, 5.41) is 0. The molecule has 0 aromatic carbocycles. The van der Waals surface area contributed by atoms with Crippen LogP contribution in [0, 0.1) is 6.92 Å². The summed E-state index contributed by atoms with van der Waals surface area (Å²) < 4.78 is 0. The first-order valence-electron chi connectivity index (χ1n) is 3.65. The van der Waals surface area contributed by atoms with E-state index in [9.17, 15) is 0 Å². The maximum absolute atomic E-state index is 5.19. The Morgan fingerprint density at radius 2 is 2.33 bits per heavy atom. The van der Waals surface area contributed by atoms with Crippen LogP contribution in [-0.4, -0.2) is 10.9 Å². The molecule has 0 spiro atoms. The van der Waals surface area contributed by atoms with E-state index in [1.54, 1.807) is 6.20 Å². The van der Waals surface area contributed by atoms with E-state index >= 15 is 0 Å². The third-order valence-corrected chi connectivity index (χ3v) is 1.41. The lowest BCUT2D eigenvalue weighted by atomic mass is 10.2. The van der Waals surface area contributed by atoms with Crippen LogP contribution in [0.3, 0.4) is 0 Å². The van der Waals surface area contributed by atoms with Gasteiger partial charge in [-0.25, -0.2) is 4.99 Å². The summed E-state index contributed by atoms with van der Waals surface area (Å²) in [6, 6.07) is 3.84. The summed E-state index contributed by atoms with van der Waals surface area (Å²) in [6.45, 7) is 2.45. The van der Waals surface area contributed by atoms with E-state index in [0.29, 0.717) is 6.54 Å². The van der Waals surface area contributed by atoms with Gasteiger partial charge >= 0.3 is 0 Å². The van der Waals surface area contributed by atoms with Gasteiger partial charge in [0.25, 0.3) is 0 Å². The number of hydrogen-bond acceptors (Lipinski definition) is 2. The first-order chi connectivity index (χ1) is 5.68. The van der Waals surface area contributed by atoms with Gasteiger partial charge in [0.05, 0.1) is 6.54 Å². The van der Waals surface area contributed by atoms with Gasteiger partial charge in [-0.1, -0.05) is 0 Å². The molecular formula is C8H12N4. The largest absolute Gasteiger partial charge is 0.370 e. The zero-order valence-electron chi connectivity index (χ0n) is 6.99. The lowest BCUT2D eigenvalue weighted by Gasteiger charge is -1.97. The predicted octanol–water partition coefficient (Wildman–Crippen LogP) is 0.163. The third kappa shape index (κ3) is 2.57. The topological polar surface area (TPSA) is 77.3 Å². The van der Waals surface area contributed by atoms with Crippen LogP contribution in [0.4, 0.5) is 0 Å². The fourth-order valence-corrected chi connectivity index (χ4v) is 0.885. The standard InChI is InChI=1S/C8H12N4/c1-6-4-7(2-3-11-6)5-12-8(9)10/h2-4H,5H2,1H3,(H4,9,10,12). The van der Waals surface area contributed by atoms with Gasteiger partial charge in [0.1, 0.15) is 0 Å². The molecule has 12 heavy (non-hydrogen) atoms. The van der Waals surface area contributed by atoms with Crippen molar-refractivity contribution in [1.82, 2.24) is 4.98 Å². The van der Waals surface area contributed by atoms with Gasteiger partial charge in [0.15, 0.2) is 5.96 Å². The van der Waals surface area contributed by atoms with E-state index in [4.69, 9.17) is 11.5 Å². The fraction of sp³-hybridized carbons (Fsp3) is 0.250. The Kier molecular flexibility index (Phi) is 2.63. The van der Waals surface area contributed by atoms with Crippen LogP contribution in [0.5, 0.6) is 0 Å². The molecule has 0 aliphatic carbocycles. The van der Waals surface area contributed by atoms with Crippen molar-refractivity contribution in [2.45, 2.75) is 13.5 Å². The molecule has 1 heterocycles. The van der Waals surface area contributed by atoms with Gasteiger partial charge < -0.3 is 11.5 Å². The molecule has 1 rings (SSSR count). The van der Waals surface area contributed by atoms with Gasteiger partial charge in [-0.15, -0.1) is 0 Å². The van der Waals surface area contributed by atoms with E-state index in [-0.39, 0.29) is 5.96 Å². The SMILES string of the molecule is Cc1cc(CN=C(N)N)ccn1. The lowest BCUT2D eigenvalue weighted by molar-refractivity contribution is 1.03. The van der Waals surface area contributed by atoms with Crippen molar-refractivity contribution in [2.75, 3.05) is 0 Å². The second-order valence-corrected chi connectivity index (χ2v) is 2.55. The maximum Gasteiger partial charge on any atom is 0.186 e. The summed E-state index contributed by atoms with van der Waals surface area (Å²) in [5.74, 6) is 0.115. The van der Waals surface area contributed by atoms with Crippen molar-refractivity contribution in [3.8, 4) is 0 Å². The smallest absolute Gasteiger partial charge is 0.186 e. The van der Waals surface area contributed by atoms with Crippen LogP contribution < -0.4 is 11.5 Å². The minimum atomic E-state index is 0.115. The Labute approximate surface area is 71.3 Å². The lowest BCUT2D eigenvalue weighted by Crippen LogP contribution is -2.22. The highest BCUT2D eigenvalue weighted by Crippen LogP contribution is 2.01. The van der Waals surface area contributed by atoms with E-state index < -0.39 is 0 Å². The molecule has 0 aliphatic heterocycles. The summed E-state index contributed by atoms with van der Waals surface area (Å²) in [7, 11) is 0. The van der Waals surface area contributed by atoms with Crippen molar-refractivity contribution in [3.05, 3.63) is 29.6 Å². The fourth-order valence-electron chi connectivity index (χ4n) is 0.885. The Hall–Kier alpha value is -1.58. The van der Waals surface area contributed by atoms with Gasteiger partial charge in [-0.2, -0.15) is 0 Å². The first-order valence-corrected chi connectivity index (χ1v) is 3.65. The summed E-state index contributed by atoms with van der Waals surface area (Å²) >= 11 is 0. The van der Waals surface area contributed by atoms with Crippen LogP contribution in [-0.2, 0) is 6.54 Å². The summed E-state index contributed by atoms with van der Waals surface area (Å²) in [6.07, 6.45) is 1.74. The highest BCUT2D eigenvalue weighted by molar-refractivity contribution is 5.75. The monoisotopic (exact) mass is 164 g/mol. The van der Waals surface area contributed by atoms with Crippen LogP contribution in [0.1, 0.15) is 11.3 Å². The number of aryl methyl sites for hydroxylation is 1. The van der Waals surface area contributed by atoms with Crippen molar-refractivity contribution < 1.29 is 0 Å². The molecule has 0 saturated carbocycles. The zero-order valence-corrected chi connectivity index (χ0v) is 6.99. The van der Waals surface area contributed by atoms with Crippen LogP contribution in [0.2, 0.25) is 0 Å². The molecule has 0 aliphatic rings. The summed E-state index contributed by atoms with van der Waals surface area (Å²) in [4.78, 5) is 7.94. The third-order valence-electron chi connectivity index (χ3n) is 1.41. The average molecular weight is 164 g/mol. The van der Waals surface area contributed by atoms with Gasteiger partial charge in [-0.3, -0.25) is 4.98 Å². The van der Waals surface area contributed by atoms with Crippen LogP contribution in [0.15, 0.2) is 23.3 Å². The molecular weight excluding hydrogens is 152 g/mol. The van der Waals surface area contributed by atoms with E-state index in [2.05, 4.69) is 9.98 Å². The Morgan fingerprint density at radius 3 is 2.92 bits per heavy atom. The molecule has 4 heteroatoms. The predicted molar refractivity (Wildman–Crippen MR) is 48.5 cm³/mol. The minimum absolute atomic E-state index is 0.115. The van der Waals surface area contributed by atoms with Crippen molar-refractivity contribution in [3.63, 3.8) is 0 Å². The van der Waals surface area contributed by atoms with E-state index in [1.807, 2.05) is 19.1 Å². The second kappa shape index (κ2) is 3.71. The number of guanidine groups is 1. The van der Waals surface area contributed by atoms with Crippen molar-refractivity contribution in [1.29, 1.82) is 0 Å². The number of aliphatic imine (C=N–C) groups is 1. The number of nitrogens with zero attached hydrogens (tertiary/aromatic N) is 2. The number of pyridine rings is 1. The molecule has 0 atom stereocenters. The molecule has 0 amide bonds. The molecule has 64 valence electrons. The molecule has 0 saturated heterocycles. The van der Waals surface area contributed by atoms with E-state index in [0.717, 1.165) is 11.3 Å². The van der Waals surface area contributed by atoms with Crippen LogP contribution >= 0.6 is 0 Å². The van der Waals surface area contributed by atoms with E-state index in [1.165, 1.54) is 0 Å². The second-order valence-electron chi connectivity index (χ2n) is 2.55. The Morgan fingerprint density at radius 1 is 1.58 bits per heavy atom. The van der Waals surface area contributed by atoms with Gasteiger partial charge in [0, 0.05) is 11.9 Å². The molecule has 1 aromatic heterocycles. The van der Waals surface area contributed by atoms with Crippen LogP contribution in [0.25, 0.3) is 0 Å². The van der Waals surface area contributed by atoms with Crippen molar-refractivity contribution in [2.24, 2.45) is 16.5 Å². The average Bonchev–Trinajstić information content (AvgIpc) is 2.01. The Balaban J connectivity index is 2.70. The van der Waals surface area contributed by atoms with Crippen molar-refractivity contribution >= 4 is 5.96 Å². The molecule has 4 N–H and O–H groups in total. The summed E-state index contributed by atoms with van der Waals surface area (Å²) in [5.41, 5.74) is 12.4. The first kappa shape index (κ1) is 8.52. The molecule has 0 bridgehead atoms. The highest BCUT2D eigenvalue weighted by Gasteiger charge is 1.91. The Bertz CT molecular complexity index is 289. The minimum Gasteiger partial charge on any atom is -0.370 e. The molecule has 0 fully saturated rings. The zero-order chi connectivity index (χ0) is 8.97. The number of nitrogens with two attached hydrogens (primary N) is 2. The quantitative estimate of drug-likeness (QED) is 0.483. The molecule has 0 radical (unpaired) electrons. The van der Waals surface area contributed by atoms with Gasteiger partial charge in [-0.05, 0) is 24.6 Å².